The summed E-state index contributed by atoms with van der Waals surface area (Å²) in [5.74, 6) is -0.468. The Labute approximate surface area is 68.3 Å². The van der Waals surface area contributed by atoms with Crippen LogP contribution in [-0.4, -0.2) is 15.0 Å². The van der Waals surface area contributed by atoms with Crippen molar-refractivity contribution in [2.45, 2.75) is 4.90 Å². The Hall–Kier alpha value is -0.560. The van der Waals surface area contributed by atoms with Crippen LogP contribution in [0, 0.1) is 0 Å². The molecule has 1 N–H and O–H groups in total. The second kappa shape index (κ2) is 2.21. The number of carbonyl (C=O) groups excluding carboxylic acids is 1. The number of thiol groups is 1. The summed E-state index contributed by atoms with van der Waals surface area (Å²) in [6.45, 7) is 0. The molecule has 1 aliphatic rings. The van der Waals surface area contributed by atoms with Gasteiger partial charge in [-0.05, 0) is 10.8 Å². The molecule has 2 atom stereocenters. The van der Waals surface area contributed by atoms with Gasteiger partial charge in [-0.3, -0.25) is 4.79 Å². The number of hydrogen-bond donors (Lipinski definition) is 1. The van der Waals surface area contributed by atoms with Crippen LogP contribution in [0.15, 0.2) is 16.3 Å². The second-order valence-corrected chi connectivity index (χ2v) is 4.62. The van der Waals surface area contributed by atoms with Crippen molar-refractivity contribution in [1.82, 2.24) is 4.72 Å². The summed E-state index contributed by atoms with van der Waals surface area (Å²) in [5, 5.41) is 1.37. The van der Waals surface area contributed by atoms with Gasteiger partial charge in [-0.1, -0.05) is 11.4 Å². The van der Waals surface area contributed by atoms with Gasteiger partial charge in [0.25, 0.3) is 4.88 Å². The quantitative estimate of drug-likeness (QED) is 0.459. The van der Waals surface area contributed by atoms with Crippen LogP contribution in [0.4, 0.5) is 0 Å². The highest BCUT2D eigenvalue weighted by atomic mass is 32.2. The largest absolute Gasteiger partial charge is 0.629 e. The Morgan fingerprint density at radius 3 is 3.00 bits per heavy atom. The molecule has 0 bridgehead atoms. The van der Waals surface area contributed by atoms with Gasteiger partial charge < -0.3 is 9.11 Å². The third-order valence-corrected chi connectivity index (χ3v) is 3.97. The van der Waals surface area contributed by atoms with Crippen LogP contribution in [-0.2, 0) is 11.4 Å². The van der Waals surface area contributed by atoms with Gasteiger partial charge in [0.05, 0.1) is 0 Å². The van der Waals surface area contributed by atoms with E-state index in [1.54, 1.807) is 0 Å². The van der Waals surface area contributed by atoms with E-state index in [9.17, 15) is 13.9 Å². The fraction of sp³-hybridized carbons (Fsp3) is 0. The SMILES string of the molecule is O=C1N[SH+]([O-])c2cc[s+]([O-])c21. The number of carbonyl (C=O) groups is 1. The molecule has 0 saturated carbocycles. The molecule has 11 heavy (non-hydrogen) atoms. The average molecular weight is 190 g/mol. The predicted octanol–water partition coefficient (Wildman–Crippen LogP) is -0.0875. The molecule has 1 aromatic rings. The smallest absolute Gasteiger partial charge is 0.346 e. The van der Waals surface area contributed by atoms with Crippen LogP contribution in [0.1, 0.15) is 9.67 Å². The van der Waals surface area contributed by atoms with Crippen molar-refractivity contribution in [2.24, 2.45) is 0 Å². The summed E-state index contributed by atoms with van der Waals surface area (Å²) in [6, 6.07) is 1.47. The van der Waals surface area contributed by atoms with Gasteiger partial charge in [-0.15, -0.1) is 0 Å². The first-order chi connectivity index (χ1) is 5.20. The molecule has 59 valence electrons. The maximum Gasteiger partial charge on any atom is 0.346 e. The Kier molecular flexibility index (Phi) is 1.43. The Balaban J connectivity index is 2.63. The van der Waals surface area contributed by atoms with Gasteiger partial charge in [-0.2, -0.15) is 0 Å². The van der Waals surface area contributed by atoms with Crippen LogP contribution in [0.25, 0.3) is 0 Å². The number of thiophene rings is 1. The maximum atomic E-state index is 11.0. The standard InChI is InChI=1S/C5H4NO3S2/c7-5-4-3(11(9)6-5)1-2-10(4)8/h1-2,11H,(H,6,7). The monoisotopic (exact) mass is 190 g/mol. The number of nitrogens with one attached hydrogen (secondary N) is 1. The summed E-state index contributed by atoms with van der Waals surface area (Å²) in [7, 11) is -1.38. The fourth-order valence-corrected chi connectivity index (χ4v) is 3.46. The third kappa shape index (κ3) is 0.875. The molecule has 6 heteroatoms. The van der Waals surface area contributed by atoms with Crippen LogP contribution >= 0.6 is 10.8 Å². The van der Waals surface area contributed by atoms with E-state index < -0.39 is 28.0 Å². The fourth-order valence-electron chi connectivity index (χ4n) is 0.944. The van der Waals surface area contributed by atoms with Crippen molar-refractivity contribution in [2.75, 3.05) is 0 Å². The second-order valence-electron chi connectivity index (χ2n) is 2.05. The van der Waals surface area contributed by atoms with Crippen molar-refractivity contribution in [1.29, 1.82) is 0 Å². The van der Waals surface area contributed by atoms with Crippen molar-refractivity contribution in [3.05, 3.63) is 16.3 Å². The molecule has 1 aliphatic heterocycles. The lowest BCUT2D eigenvalue weighted by Crippen LogP contribution is -2.21. The molecule has 0 spiro atoms. The van der Waals surface area contributed by atoms with E-state index in [1.165, 1.54) is 11.4 Å². The molecule has 2 rings (SSSR count). The van der Waals surface area contributed by atoms with Crippen molar-refractivity contribution in [3.63, 3.8) is 0 Å². The van der Waals surface area contributed by atoms with Crippen LogP contribution in [0.5, 0.6) is 0 Å². The van der Waals surface area contributed by atoms with Gasteiger partial charge in [0.2, 0.25) is 4.90 Å². The van der Waals surface area contributed by atoms with E-state index in [4.69, 9.17) is 0 Å². The molecule has 0 fully saturated rings. The van der Waals surface area contributed by atoms with E-state index in [1.807, 2.05) is 0 Å². The first-order valence-corrected chi connectivity index (χ1v) is 5.28. The third-order valence-electron chi connectivity index (χ3n) is 1.41. The van der Waals surface area contributed by atoms with Crippen molar-refractivity contribution in [3.8, 4) is 0 Å². The summed E-state index contributed by atoms with van der Waals surface area (Å²) in [4.78, 5) is 11.4. The summed E-state index contributed by atoms with van der Waals surface area (Å²) >= 11 is -1.82. The molecular weight excluding hydrogens is 186 g/mol. The Morgan fingerprint density at radius 2 is 2.36 bits per heavy atom. The van der Waals surface area contributed by atoms with Crippen LogP contribution < -0.4 is 4.72 Å². The summed E-state index contributed by atoms with van der Waals surface area (Å²) in [6.07, 6.45) is 0. The summed E-state index contributed by atoms with van der Waals surface area (Å²) < 4.78 is 24.2. The van der Waals surface area contributed by atoms with Crippen LogP contribution in [0.3, 0.4) is 0 Å². The highest BCUT2D eigenvalue weighted by Crippen LogP contribution is 2.32. The molecule has 2 unspecified atom stereocenters. The zero-order valence-electron chi connectivity index (χ0n) is 5.23. The molecule has 1 radical (unpaired) electrons. The lowest BCUT2D eigenvalue weighted by atomic mass is 10.5. The molecule has 0 saturated heterocycles. The first kappa shape index (κ1) is 7.11. The maximum absolute atomic E-state index is 11.0. The minimum Gasteiger partial charge on any atom is -0.629 e. The van der Waals surface area contributed by atoms with E-state index in [2.05, 4.69) is 4.72 Å². The normalized spacial score (nSPS) is 23.3. The number of hydrogen-bond acceptors (Lipinski definition) is 3. The number of rotatable bonds is 0. The predicted molar refractivity (Wildman–Crippen MR) is 40.4 cm³/mol. The average Bonchev–Trinajstić information content (AvgIpc) is 2.41. The highest BCUT2D eigenvalue weighted by Gasteiger charge is 2.36. The van der Waals surface area contributed by atoms with Crippen molar-refractivity contribution < 1.29 is 13.9 Å². The molecule has 2 heterocycles. The topological polar surface area (TPSA) is 75.2 Å². The zero-order valence-corrected chi connectivity index (χ0v) is 6.95. The highest BCUT2D eigenvalue weighted by molar-refractivity contribution is 7.91. The number of amides is 1. The van der Waals surface area contributed by atoms with Gasteiger partial charge in [-0.25, -0.2) is 4.72 Å². The lowest BCUT2D eigenvalue weighted by Gasteiger charge is -2.05. The zero-order chi connectivity index (χ0) is 8.01. The summed E-state index contributed by atoms with van der Waals surface area (Å²) in [5.41, 5.74) is 0. The van der Waals surface area contributed by atoms with E-state index in [0.29, 0.717) is 4.90 Å². The first-order valence-electron chi connectivity index (χ1n) is 2.81. The lowest BCUT2D eigenvalue weighted by molar-refractivity contribution is 0.0988. The minimum atomic E-state index is -1.82. The molecule has 1 amide bonds. The van der Waals surface area contributed by atoms with Crippen molar-refractivity contribution >= 4 is 28.0 Å². The Morgan fingerprint density at radius 1 is 1.64 bits per heavy atom. The van der Waals surface area contributed by atoms with Gasteiger partial charge in [0.15, 0.2) is 0 Å². The molecule has 0 aromatic carbocycles. The van der Waals surface area contributed by atoms with E-state index >= 15 is 0 Å². The molecule has 4 nitrogen and oxygen atoms in total. The minimum absolute atomic E-state index is 0.158. The van der Waals surface area contributed by atoms with Crippen LogP contribution in [0.2, 0.25) is 0 Å². The van der Waals surface area contributed by atoms with Gasteiger partial charge in [0, 0.05) is 6.07 Å². The molecule has 1 aromatic heterocycles. The van der Waals surface area contributed by atoms with Gasteiger partial charge in [0.1, 0.15) is 5.38 Å². The van der Waals surface area contributed by atoms with E-state index in [-0.39, 0.29) is 4.88 Å². The molecular formula is C5H4NO3S2. The van der Waals surface area contributed by atoms with Gasteiger partial charge >= 0.3 is 5.91 Å². The van der Waals surface area contributed by atoms with E-state index in [0.717, 1.165) is 0 Å². The number of fused-ring (bicyclic) bond motifs is 1. The Bertz CT molecular complexity index is 322. The molecule has 0 aliphatic carbocycles.